The summed E-state index contributed by atoms with van der Waals surface area (Å²) in [6, 6.07) is 0.779. The van der Waals surface area contributed by atoms with Crippen molar-refractivity contribution >= 4 is 15.9 Å². The predicted octanol–water partition coefficient (Wildman–Crippen LogP) is 2.40. The molecule has 1 aliphatic heterocycles. The maximum Gasteiger partial charge on any atom is 0.0763 e. The predicted molar refractivity (Wildman–Crippen MR) is 66.4 cm³/mol. The second-order valence-electron chi connectivity index (χ2n) is 5.06. The van der Waals surface area contributed by atoms with Crippen LogP contribution in [0.4, 0.5) is 0 Å². The Bertz CT molecular complexity index is 198. The molecule has 15 heavy (non-hydrogen) atoms. The smallest absolute Gasteiger partial charge is 0.0763 e. The fourth-order valence-electron chi connectivity index (χ4n) is 3.27. The van der Waals surface area contributed by atoms with Gasteiger partial charge in [0.1, 0.15) is 0 Å². The molecule has 0 bridgehead atoms. The number of nitrogens with zero attached hydrogens (tertiary/aromatic N) is 1. The quantitative estimate of drug-likeness (QED) is 0.800. The lowest BCUT2D eigenvalue weighted by Gasteiger charge is -2.44. The van der Waals surface area contributed by atoms with Gasteiger partial charge in [-0.2, -0.15) is 0 Å². The molecule has 0 amide bonds. The van der Waals surface area contributed by atoms with Crippen LogP contribution < -0.4 is 0 Å². The Morgan fingerprint density at radius 1 is 1.20 bits per heavy atom. The van der Waals surface area contributed by atoms with Crippen LogP contribution in [0.5, 0.6) is 0 Å². The third kappa shape index (κ3) is 2.95. The summed E-state index contributed by atoms with van der Waals surface area (Å²) in [4.78, 5) is 2.54. The summed E-state index contributed by atoms with van der Waals surface area (Å²) in [5, 5.41) is 10.4. The maximum atomic E-state index is 9.71. The Morgan fingerprint density at radius 3 is 2.73 bits per heavy atom. The van der Waals surface area contributed by atoms with E-state index in [2.05, 4.69) is 20.8 Å². The Morgan fingerprint density at radius 2 is 1.93 bits per heavy atom. The average molecular weight is 276 g/mol. The van der Waals surface area contributed by atoms with Crippen molar-refractivity contribution in [3.63, 3.8) is 0 Å². The van der Waals surface area contributed by atoms with Gasteiger partial charge < -0.3 is 5.11 Å². The Labute approximate surface area is 101 Å². The van der Waals surface area contributed by atoms with Crippen LogP contribution in [0.15, 0.2) is 0 Å². The van der Waals surface area contributed by atoms with Gasteiger partial charge in [0, 0.05) is 17.9 Å². The van der Waals surface area contributed by atoms with E-state index in [1.807, 2.05) is 0 Å². The van der Waals surface area contributed by atoms with E-state index >= 15 is 0 Å². The van der Waals surface area contributed by atoms with Gasteiger partial charge in [0.25, 0.3) is 0 Å². The number of rotatable bonds is 3. The lowest BCUT2D eigenvalue weighted by molar-refractivity contribution is 0.0276. The minimum absolute atomic E-state index is 0.189. The van der Waals surface area contributed by atoms with Crippen molar-refractivity contribution in [2.24, 2.45) is 5.92 Å². The van der Waals surface area contributed by atoms with Gasteiger partial charge in [0.2, 0.25) is 0 Å². The summed E-state index contributed by atoms with van der Waals surface area (Å²) >= 11 is 3.35. The average Bonchev–Trinajstić information content (AvgIpc) is 2.29. The molecule has 2 aliphatic rings. The molecule has 0 aromatic carbocycles. The molecule has 3 heteroatoms. The Hall–Kier alpha value is 0.400. The van der Waals surface area contributed by atoms with E-state index in [4.69, 9.17) is 0 Å². The van der Waals surface area contributed by atoms with Crippen LogP contribution in [-0.4, -0.2) is 40.6 Å². The van der Waals surface area contributed by atoms with Gasteiger partial charge in [-0.3, -0.25) is 4.90 Å². The van der Waals surface area contributed by atoms with Crippen LogP contribution in [0, 0.1) is 5.92 Å². The first kappa shape index (κ1) is 11.9. The number of piperidine rings is 1. The molecule has 2 nitrogen and oxygen atoms in total. The molecule has 0 radical (unpaired) electrons. The zero-order valence-corrected chi connectivity index (χ0v) is 11.0. The number of aliphatic hydroxyl groups excluding tert-OH is 1. The molecule has 1 heterocycles. The van der Waals surface area contributed by atoms with Crippen molar-refractivity contribution in [1.82, 2.24) is 4.90 Å². The number of aliphatic hydroxyl groups is 1. The highest BCUT2D eigenvalue weighted by Crippen LogP contribution is 2.35. The summed E-state index contributed by atoms with van der Waals surface area (Å²) < 4.78 is 0. The first-order valence-electron chi connectivity index (χ1n) is 6.29. The van der Waals surface area contributed by atoms with Gasteiger partial charge in [-0.15, -0.1) is 0 Å². The van der Waals surface area contributed by atoms with Crippen molar-refractivity contribution < 1.29 is 5.11 Å². The summed E-state index contributed by atoms with van der Waals surface area (Å²) in [5.74, 6) is 0.926. The Kier molecular flexibility index (Phi) is 4.47. The summed E-state index contributed by atoms with van der Waals surface area (Å²) in [6.07, 6.45) is 8.16. The molecule has 0 aromatic rings. The molecular weight excluding hydrogens is 254 g/mol. The van der Waals surface area contributed by atoms with Crippen LogP contribution in [-0.2, 0) is 0 Å². The van der Waals surface area contributed by atoms with Gasteiger partial charge in [0.05, 0.1) is 6.10 Å². The van der Waals surface area contributed by atoms with Crippen molar-refractivity contribution in [2.45, 2.75) is 50.7 Å². The SMILES string of the molecule is OC(CBr)CN1CCC[C@H]2CCCC[C@H]21. The Balaban J connectivity index is 1.91. The monoisotopic (exact) mass is 275 g/mol. The minimum atomic E-state index is -0.189. The molecule has 3 atom stereocenters. The van der Waals surface area contributed by atoms with Gasteiger partial charge in [-0.1, -0.05) is 28.8 Å². The first-order chi connectivity index (χ1) is 7.31. The van der Waals surface area contributed by atoms with Crippen molar-refractivity contribution in [3.8, 4) is 0 Å². The molecule has 0 aromatic heterocycles. The minimum Gasteiger partial charge on any atom is -0.391 e. The number of hydrogen-bond donors (Lipinski definition) is 1. The zero-order chi connectivity index (χ0) is 10.7. The van der Waals surface area contributed by atoms with Gasteiger partial charge in [-0.25, -0.2) is 0 Å². The second-order valence-corrected chi connectivity index (χ2v) is 5.70. The normalized spacial score (nSPS) is 34.8. The van der Waals surface area contributed by atoms with E-state index < -0.39 is 0 Å². The fraction of sp³-hybridized carbons (Fsp3) is 1.00. The summed E-state index contributed by atoms with van der Waals surface area (Å²) in [7, 11) is 0. The molecule has 1 N–H and O–H groups in total. The number of alkyl halides is 1. The van der Waals surface area contributed by atoms with E-state index in [9.17, 15) is 5.11 Å². The van der Waals surface area contributed by atoms with Crippen molar-refractivity contribution in [1.29, 1.82) is 0 Å². The number of likely N-dealkylation sites (tertiary alicyclic amines) is 1. The molecule has 2 fully saturated rings. The molecular formula is C12H22BrNO. The van der Waals surface area contributed by atoms with Crippen LogP contribution in [0.3, 0.4) is 0 Å². The van der Waals surface area contributed by atoms with E-state index in [0.717, 1.165) is 18.5 Å². The van der Waals surface area contributed by atoms with E-state index in [0.29, 0.717) is 5.33 Å². The first-order valence-corrected chi connectivity index (χ1v) is 7.41. The fourth-order valence-corrected chi connectivity index (χ4v) is 3.48. The van der Waals surface area contributed by atoms with Crippen molar-refractivity contribution in [2.75, 3.05) is 18.4 Å². The third-order valence-corrected chi connectivity index (χ3v) is 4.73. The topological polar surface area (TPSA) is 23.5 Å². The molecule has 1 aliphatic carbocycles. The van der Waals surface area contributed by atoms with Crippen LogP contribution >= 0.6 is 15.9 Å². The number of hydrogen-bond acceptors (Lipinski definition) is 2. The molecule has 1 saturated heterocycles. The van der Waals surface area contributed by atoms with Crippen LogP contribution in [0.25, 0.3) is 0 Å². The molecule has 1 saturated carbocycles. The van der Waals surface area contributed by atoms with Gasteiger partial charge in [0.15, 0.2) is 0 Å². The van der Waals surface area contributed by atoms with E-state index in [1.54, 1.807) is 0 Å². The highest BCUT2D eigenvalue weighted by molar-refractivity contribution is 9.09. The van der Waals surface area contributed by atoms with Crippen LogP contribution in [0.2, 0.25) is 0 Å². The number of halogens is 1. The summed E-state index contributed by atoms with van der Waals surface area (Å²) in [6.45, 7) is 2.07. The third-order valence-electron chi connectivity index (χ3n) is 3.98. The largest absolute Gasteiger partial charge is 0.391 e. The lowest BCUT2D eigenvalue weighted by atomic mass is 9.78. The zero-order valence-electron chi connectivity index (χ0n) is 9.37. The number of β-amino-alcohol motifs (C(OH)–C–C–N with tert-alkyl or cyclic N) is 1. The standard InChI is InChI=1S/C12H22BrNO/c13-8-11(15)9-14-7-3-5-10-4-1-2-6-12(10)14/h10-12,15H,1-9H2/t10-,11?,12-/m1/s1. The molecule has 0 spiro atoms. The lowest BCUT2D eigenvalue weighted by Crippen LogP contribution is -2.49. The maximum absolute atomic E-state index is 9.71. The summed E-state index contributed by atoms with van der Waals surface area (Å²) in [5.41, 5.74) is 0. The van der Waals surface area contributed by atoms with Gasteiger partial charge in [-0.05, 0) is 38.1 Å². The second kappa shape index (κ2) is 5.65. The van der Waals surface area contributed by atoms with Gasteiger partial charge >= 0.3 is 0 Å². The van der Waals surface area contributed by atoms with E-state index in [1.165, 1.54) is 45.1 Å². The highest BCUT2D eigenvalue weighted by atomic mass is 79.9. The molecule has 2 rings (SSSR count). The molecule has 88 valence electrons. The van der Waals surface area contributed by atoms with E-state index in [-0.39, 0.29) is 6.10 Å². The number of fused-ring (bicyclic) bond motifs is 1. The molecule has 1 unspecified atom stereocenters. The van der Waals surface area contributed by atoms with Crippen molar-refractivity contribution in [3.05, 3.63) is 0 Å². The highest BCUT2D eigenvalue weighted by Gasteiger charge is 2.33. The van der Waals surface area contributed by atoms with Crippen LogP contribution in [0.1, 0.15) is 38.5 Å².